The van der Waals surface area contributed by atoms with Crippen molar-refractivity contribution in [2.24, 2.45) is 13.0 Å². The van der Waals surface area contributed by atoms with Crippen molar-refractivity contribution in [3.8, 4) is 5.69 Å². The summed E-state index contributed by atoms with van der Waals surface area (Å²) in [6.07, 6.45) is 6.22. The molecule has 0 radical (unpaired) electrons. The Labute approximate surface area is 198 Å². The molecule has 3 aromatic rings. The van der Waals surface area contributed by atoms with Crippen molar-refractivity contribution >= 4 is 17.5 Å². The molecule has 0 bridgehead atoms. The van der Waals surface area contributed by atoms with Gasteiger partial charge in [0.2, 0.25) is 5.91 Å². The third kappa shape index (κ3) is 4.48. The van der Waals surface area contributed by atoms with Crippen molar-refractivity contribution in [2.45, 2.75) is 45.7 Å². The molecule has 1 aromatic carbocycles. The highest BCUT2D eigenvalue weighted by atomic mass is 16.5. The Balaban J connectivity index is 1.28. The topological polar surface area (TPSA) is 94.3 Å². The fraction of sp³-hybridized carbons (Fsp3) is 0.440. The number of nitrogens with zero attached hydrogens (tertiary/aromatic N) is 5. The number of hydrogen-bond donors (Lipinski definition) is 1. The van der Waals surface area contributed by atoms with Gasteiger partial charge in [-0.3, -0.25) is 14.3 Å². The van der Waals surface area contributed by atoms with Crippen molar-refractivity contribution in [2.75, 3.05) is 18.5 Å². The second-order valence-electron chi connectivity index (χ2n) is 9.21. The van der Waals surface area contributed by atoms with Crippen LogP contribution in [0.15, 0.2) is 36.7 Å². The number of ether oxygens (including phenoxy) is 1. The van der Waals surface area contributed by atoms with E-state index in [1.54, 1.807) is 17.1 Å². The van der Waals surface area contributed by atoms with E-state index in [-0.39, 0.29) is 23.8 Å². The summed E-state index contributed by atoms with van der Waals surface area (Å²) in [4.78, 5) is 27.7. The van der Waals surface area contributed by atoms with Gasteiger partial charge >= 0.3 is 0 Å². The highest BCUT2D eigenvalue weighted by molar-refractivity contribution is 5.95. The third-order valence-corrected chi connectivity index (χ3v) is 6.77. The summed E-state index contributed by atoms with van der Waals surface area (Å²) < 4.78 is 8.85. The highest BCUT2D eigenvalue weighted by Gasteiger charge is 2.34. The predicted octanol–water partition coefficient (Wildman–Crippen LogP) is 3.00. The molecule has 2 aromatic heterocycles. The zero-order chi connectivity index (χ0) is 23.8. The maximum Gasteiger partial charge on any atom is 0.254 e. The Morgan fingerprint density at radius 2 is 1.94 bits per heavy atom. The largest absolute Gasteiger partial charge is 0.381 e. The Kier molecular flexibility index (Phi) is 5.95. The van der Waals surface area contributed by atoms with E-state index in [1.807, 2.05) is 54.7 Å². The molecule has 5 rings (SSSR count). The smallest absolute Gasteiger partial charge is 0.254 e. The van der Waals surface area contributed by atoms with Crippen LogP contribution in [0.25, 0.3) is 5.69 Å². The van der Waals surface area contributed by atoms with Gasteiger partial charge in [0.05, 0.1) is 42.0 Å². The lowest BCUT2D eigenvalue weighted by atomic mass is 10.1. The summed E-state index contributed by atoms with van der Waals surface area (Å²) in [5.74, 6) is -0.122. The fourth-order valence-electron chi connectivity index (χ4n) is 4.41. The molecule has 34 heavy (non-hydrogen) atoms. The number of aromatic nitrogens is 4. The van der Waals surface area contributed by atoms with E-state index < -0.39 is 0 Å². The first-order valence-electron chi connectivity index (χ1n) is 11.7. The lowest BCUT2D eigenvalue weighted by Gasteiger charge is -2.23. The second kappa shape index (κ2) is 9.06. The van der Waals surface area contributed by atoms with Crippen LogP contribution in [0.1, 0.15) is 46.6 Å². The number of carbonyl (C=O) groups is 2. The van der Waals surface area contributed by atoms with Crippen LogP contribution in [0.4, 0.5) is 5.69 Å². The summed E-state index contributed by atoms with van der Waals surface area (Å²) in [6, 6.07) is 7.72. The Hall–Kier alpha value is -3.46. The second-order valence-corrected chi connectivity index (χ2v) is 9.21. The normalized spacial score (nSPS) is 17.7. The summed E-state index contributed by atoms with van der Waals surface area (Å²) >= 11 is 0. The molecular weight excluding hydrogens is 432 g/mol. The lowest BCUT2D eigenvalue weighted by Crippen LogP contribution is -2.33. The molecule has 1 N–H and O–H groups in total. The molecule has 1 aliphatic heterocycles. The Bertz CT molecular complexity index is 1200. The number of nitrogens with one attached hydrogen (secondary N) is 1. The van der Waals surface area contributed by atoms with Crippen LogP contribution in [0.3, 0.4) is 0 Å². The first-order valence-corrected chi connectivity index (χ1v) is 11.7. The van der Waals surface area contributed by atoms with Crippen molar-refractivity contribution < 1.29 is 14.3 Å². The van der Waals surface area contributed by atoms with Crippen LogP contribution in [0, 0.1) is 19.8 Å². The molecule has 1 saturated carbocycles. The first kappa shape index (κ1) is 22.3. The SMILES string of the molecule is Cc1nn(C)c(C)c1CN(C(=O)c1ccc(-n2cc(NC(=O)[C@H]3CCOC3)cn2)cc1)C1CC1. The standard InChI is InChI=1S/C25H30N6O3/c1-16-23(17(2)29(3)28-16)14-30(21-8-9-21)25(33)18-4-6-22(7-5-18)31-13-20(12-26-31)27-24(32)19-10-11-34-15-19/h4-7,12-13,19,21H,8-11,14-15H2,1-3H3,(H,27,32)/t19-/m0/s1. The van der Waals surface area contributed by atoms with Gasteiger partial charge in [0.1, 0.15) is 0 Å². The van der Waals surface area contributed by atoms with Crippen LogP contribution in [0.2, 0.25) is 0 Å². The van der Waals surface area contributed by atoms with E-state index >= 15 is 0 Å². The van der Waals surface area contributed by atoms with Gasteiger partial charge in [-0.25, -0.2) is 4.68 Å². The fourth-order valence-corrected chi connectivity index (χ4v) is 4.41. The molecule has 0 spiro atoms. The molecule has 1 aliphatic carbocycles. The minimum absolute atomic E-state index is 0.0314. The van der Waals surface area contributed by atoms with Gasteiger partial charge in [0.15, 0.2) is 0 Å². The van der Waals surface area contributed by atoms with Gasteiger partial charge in [0, 0.05) is 43.1 Å². The zero-order valence-corrected chi connectivity index (χ0v) is 19.8. The minimum Gasteiger partial charge on any atom is -0.381 e. The number of hydrogen-bond acceptors (Lipinski definition) is 5. The van der Waals surface area contributed by atoms with Crippen molar-refractivity contribution in [1.29, 1.82) is 0 Å². The van der Waals surface area contributed by atoms with Crippen LogP contribution in [0.5, 0.6) is 0 Å². The third-order valence-electron chi connectivity index (χ3n) is 6.77. The number of aryl methyl sites for hydroxylation is 2. The minimum atomic E-state index is -0.109. The van der Waals surface area contributed by atoms with Gasteiger partial charge in [-0.05, 0) is 57.4 Å². The van der Waals surface area contributed by atoms with Gasteiger partial charge in [0.25, 0.3) is 5.91 Å². The number of carbonyl (C=O) groups excluding carboxylic acids is 2. The molecule has 0 unspecified atom stereocenters. The summed E-state index contributed by atoms with van der Waals surface area (Å²) in [6.45, 7) is 5.71. The lowest BCUT2D eigenvalue weighted by molar-refractivity contribution is -0.119. The van der Waals surface area contributed by atoms with Crippen LogP contribution in [-0.4, -0.2) is 55.5 Å². The van der Waals surface area contributed by atoms with E-state index in [0.717, 1.165) is 41.9 Å². The maximum atomic E-state index is 13.4. The molecular formula is C25H30N6O3. The van der Waals surface area contributed by atoms with E-state index in [4.69, 9.17) is 4.74 Å². The average molecular weight is 463 g/mol. The van der Waals surface area contributed by atoms with Crippen molar-refractivity contribution in [3.05, 3.63) is 59.2 Å². The predicted molar refractivity (Wildman–Crippen MR) is 127 cm³/mol. The van der Waals surface area contributed by atoms with Crippen LogP contribution < -0.4 is 5.32 Å². The molecule has 9 nitrogen and oxygen atoms in total. The van der Waals surface area contributed by atoms with E-state index in [9.17, 15) is 9.59 Å². The van der Waals surface area contributed by atoms with E-state index in [0.29, 0.717) is 31.0 Å². The number of rotatable bonds is 7. The molecule has 3 heterocycles. The van der Waals surface area contributed by atoms with Crippen molar-refractivity contribution in [1.82, 2.24) is 24.5 Å². The summed E-state index contributed by atoms with van der Waals surface area (Å²) in [7, 11) is 1.93. The Morgan fingerprint density at radius 3 is 2.56 bits per heavy atom. The summed E-state index contributed by atoms with van der Waals surface area (Å²) in [5, 5.41) is 11.8. The number of amides is 2. The number of benzene rings is 1. The maximum absolute atomic E-state index is 13.4. The van der Waals surface area contributed by atoms with Gasteiger partial charge < -0.3 is 15.0 Å². The summed E-state index contributed by atoms with van der Waals surface area (Å²) in [5.41, 5.74) is 5.29. The number of anilines is 1. The monoisotopic (exact) mass is 462 g/mol. The molecule has 2 aliphatic rings. The van der Waals surface area contributed by atoms with Crippen LogP contribution >= 0.6 is 0 Å². The highest BCUT2D eigenvalue weighted by Crippen LogP contribution is 2.31. The average Bonchev–Trinajstić information content (AvgIpc) is 3.22. The molecule has 9 heteroatoms. The first-order chi connectivity index (χ1) is 16.4. The van der Waals surface area contributed by atoms with Gasteiger partial charge in [-0.2, -0.15) is 10.2 Å². The molecule has 1 atom stereocenters. The van der Waals surface area contributed by atoms with Gasteiger partial charge in [-0.1, -0.05) is 0 Å². The molecule has 178 valence electrons. The molecule has 2 amide bonds. The van der Waals surface area contributed by atoms with Crippen LogP contribution in [-0.2, 0) is 23.1 Å². The van der Waals surface area contributed by atoms with Gasteiger partial charge in [-0.15, -0.1) is 0 Å². The quantitative estimate of drug-likeness (QED) is 0.583. The Morgan fingerprint density at radius 1 is 1.18 bits per heavy atom. The molecule has 1 saturated heterocycles. The van der Waals surface area contributed by atoms with E-state index in [2.05, 4.69) is 15.5 Å². The van der Waals surface area contributed by atoms with Crippen molar-refractivity contribution in [3.63, 3.8) is 0 Å². The zero-order valence-electron chi connectivity index (χ0n) is 19.8. The van der Waals surface area contributed by atoms with E-state index in [1.165, 1.54) is 0 Å². The molecule has 2 fully saturated rings.